The van der Waals surface area contributed by atoms with Crippen LogP contribution in [0, 0.1) is 0 Å². The quantitative estimate of drug-likeness (QED) is 0.839. The number of nitrogens with one attached hydrogen (secondary N) is 1. The lowest BCUT2D eigenvalue weighted by Gasteiger charge is -2.15. The highest BCUT2D eigenvalue weighted by molar-refractivity contribution is 7.10. The molecule has 98 valence electrons. The average molecular weight is 277 g/mol. The summed E-state index contributed by atoms with van der Waals surface area (Å²) in [5, 5.41) is 5.07. The number of halogens is 1. The molecule has 1 heterocycles. The number of amides is 1. The number of carbonyl (C=O) groups is 1. The molecule has 0 bridgehead atoms. The molecule has 2 unspecified atom stereocenters. The van der Waals surface area contributed by atoms with Gasteiger partial charge < -0.3 is 11.1 Å². The molecule has 3 N–H and O–H groups in total. The van der Waals surface area contributed by atoms with Crippen molar-refractivity contribution < 1.29 is 4.79 Å². The molecule has 1 aromatic rings. The fourth-order valence-electron chi connectivity index (χ4n) is 1.49. The molecule has 0 aliphatic heterocycles. The maximum absolute atomic E-state index is 11.6. The zero-order chi connectivity index (χ0) is 12.0. The lowest BCUT2D eigenvalue weighted by Crippen LogP contribution is -2.29. The zero-order valence-electron chi connectivity index (χ0n) is 10.3. The summed E-state index contributed by atoms with van der Waals surface area (Å²) in [4.78, 5) is 12.9. The van der Waals surface area contributed by atoms with Crippen LogP contribution in [0.4, 0.5) is 0 Å². The van der Waals surface area contributed by atoms with Gasteiger partial charge in [-0.25, -0.2) is 0 Å². The third kappa shape index (κ3) is 6.05. The van der Waals surface area contributed by atoms with Gasteiger partial charge in [0.25, 0.3) is 0 Å². The second-order valence-corrected chi connectivity index (χ2v) is 5.04. The van der Waals surface area contributed by atoms with Crippen molar-refractivity contribution in [1.82, 2.24) is 5.32 Å². The Morgan fingerprint density at radius 1 is 1.59 bits per heavy atom. The van der Waals surface area contributed by atoms with E-state index in [1.54, 1.807) is 11.3 Å². The van der Waals surface area contributed by atoms with Gasteiger partial charge >= 0.3 is 0 Å². The predicted octanol–water partition coefficient (Wildman–Crippen LogP) is 2.86. The fourth-order valence-corrected chi connectivity index (χ4v) is 2.35. The first kappa shape index (κ1) is 16.4. The van der Waals surface area contributed by atoms with Crippen molar-refractivity contribution in [3.8, 4) is 0 Å². The van der Waals surface area contributed by atoms with Crippen LogP contribution in [0.3, 0.4) is 0 Å². The van der Waals surface area contributed by atoms with Crippen molar-refractivity contribution in [1.29, 1.82) is 0 Å². The van der Waals surface area contributed by atoms with Crippen molar-refractivity contribution in [2.45, 2.75) is 45.2 Å². The largest absolute Gasteiger partial charge is 0.348 e. The van der Waals surface area contributed by atoms with E-state index in [0.29, 0.717) is 6.42 Å². The Balaban J connectivity index is 0.00000256. The van der Waals surface area contributed by atoms with E-state index in [1.807, 2.05) is 18.4 Å². The monoisotopic (exact) mass is 276 g/mol. The van der Waals surface area contributed by atoms with Crippen LogP contribution in [-0.4, -0.2) is 11.9 Å². The molecule has 1 amide bonds. The van der Waals surface area contributed by atoms with Crippen molar-refractivity contribution >= 4 is 29.7 Å². The highest BCUT2D eigenvalue weighted by atomic mass is 35.5. The van der Waals surface area contributed by atoms with Crippen molar-refractivity contribution in [2.75, 3.05) is 0 Å². The molecular weight excluding hydrogens is 256 g/mol. The first-order valence-corrected chi connectivity index (χ1v) is 6.59. The van der Waals surface area contributed by atoms with Gasteiger partial charge in [-0.3, -0.25) is 4.79 Å². The van der Waals surface area contributed by atoms with Crippen LogP contribution < -0.4 is 11.1 Å². The first-order valence-electron chi connectivity index (χ1n) is 5.71. The van der Waals surface area contributed by atoms with E-state index in [0.717, 1.165) is 12.8 Å². The van der Waals surface area contributed by atoms with Gasteiger partial charge in [-0.2, -0.15) is 0 Å². The van der Waals surface area contributed by atoms with Gasteiger partial charge in [0.2, 0.25) is 5.91 Å². The summed E-state index contributed by atoms with van der Waals surface area (Å²) in [6.45, 7) is 4.00. The van der Waals surface area contributed by atoms with Gasteiger partial charge in [-0.1, -0.05) is 13.0 Å². The zero-order valence-corrected chi connectivity index (χ0v) is 11.9. The van der Waals surface area contributed by atoms with Gasteiger partial charge in [0.1, 0.15) is 0 Å². The normalized spacial score (nSPS) is 13.6. The Morgan fingerprint density at radius 3 is 2.76 bits per heavy atom. The van der Waals surface area contributed by atoms with E-state index in [1.165, 1.54) is 4.88 Å². The summed E-state index contributed by atoms with van der Waals surface area (Å²) in [7, 11) is 0. The van der Waals surface area contributed by atoms with Crippen molar-refractivity contribution in [2.24, 2.45) is 5.73 Å². The molecule has 1 aromatic heterocycles. The third-order valence-corrected chi connectivity index (χ3v) is 3.44. The summed E-state index contributed by atoms with van der Waals surface area (Å²) in [5.41, 5.74) is 5.62. The second kappa shape index (κ2) is 8.50. The Morgan fingerprint density at radius 2 is 2.29 bits per heavy atom. The highest BCUT2D eigenvalue weighted by Gasteiger charge is 2.13. The van der Waals surface area contributed by atoms with Gasteiger partial charge in [0, 0.05) is 17.3 Å². The summed E-state index contributed by atoms with van der Waals surface area (Å²) < 4.78 is 0. The molecule has 2 atom stereocenters. The smallest absolute Gasteiger partial charge is 0.220 e. The van der Waals surface area contributed by atoms with E-state index < -0.39 is 0 Å². The minimum atomic E-state index is 0. The molecule has 0 aliphatic carbocycles. The molecule has 5 heteroatoms. The summed E-state index contributed by atoms with van der Waals surface area (Å²) in [5.74, 6) is 0.0950. The van der Waals surface area contributed by atoms with E-state index in [2.05, 4.69) is 18.3 Å². The fraction of sp³-hybridized carbons (Fsp3) is 0.583. The summed E-state index contributed by atoms with van der Waals surface area (Å²) in [6, 6.07) is 4.31. The molecule has 0 aliphatic rings. The third-order valence-electron chi connectivity index (χ3n) is 2.46. The molecule has 0 radical (unpaired) electrons. The number of hydrogen-bond donors (Lipinski definition) is 2. The molecule has 0 spiro atoms. The van der Waals surface area contributed by atoms with E-state index in [9.17, 15) is 4.79 Å². The lowest BCUT2D eigenvalue weighted by molar-refractivity contribution is -0.122. The number of hydrogen-bond acceptors (Lipinski definition) is 3. The number of thiophene rings is 1. The maximum Gasteiger partial charge on any atom is 0.220 e. The molecule has 3 nitrogen and oxygen atoms in total. The van der Waals surface area contributed by atoms with Crippen LogP contribution in [0.15, 0.2) is 17.5 Å². The molecule has 0 saturated carbocycles. The standard InChI is InChI=1S/C12H20N2OS.ClH/c1-3-10(11-5-4-8-16-11)14-12(15)7-6-9(2)13;/h4-5,8-10H,3,6-7,13H2,1-2H3,(H,14,15);1H. The minimum Gasteiger partial charge on any atom is -0.348 e. The topological polar surface area (TPSA) is 55.1 Å². The van der Waals surface area contributed by atoms with Crippen LogP contribution in [-0.2, 0) is 4.79 Å². The Bertz CT molecular complexity index is 314. The van der Waals surface area contributed by atoms with Crippen molar-refractivity contribution in [3.05, 3.63) is 22.4 Å². The van der Waals surface area contributed by atoms with Gasteiger partial charge in [-0.15, -0.1) is 23.7 Å². The number of rotatable bonds is 6. The minimum absolute atomic E-state index is 0. The van der Waals surface area contributed by atoms with E-state index in [4.69, 9.17) is 5.73 Å². The molecule has 0 saturated heterocycles. The van der Waals surface area contributed by atoms with Crippen LogP contribution >= 0.6 is 23.7 Å². The predicted molar refractivity (Wildman–Crippen MR) is 75.6 cm³/mol. The Kier molecular flexibility index (Phi) is 8.21. The highest BCUT2D eigenvalue weighted by Crippen LogP contribution is 2.21. The molecule has 0 aromatic carbocycles. The lowest BCUT2D eigenvalue weighted by atomic mass is 10.1. The van der Waals surface area contributed by atoms with E-state index in [-0.39, 0.29) is 30.4 Å². The van der Waals surface area contributed by atoms with Crippen LogP contribution in [0.1, 0.15) is 44.0 Å². The van der Waals surface area contributed by atoms with Crippen molar-refractivity contribution in [3.63, 3.8) is 0 Å². The van der Waals surface area contributed by atoms with E-state index >= 15 is 0 Å². The Hall–Kier alpha value is -0.580. The SMILES string of the molecule is CCC(NC(=O)CCC(C)N)c1cccs1.Cl. The van der Waals surface area contributed by atoms with Gasteiger partial charge in [-0.05, 0) is 31.2 Å². The van der Waals surface area contributed by atoms with Gasteiger partial charge in [0.05, 0.1) is 6.04 Å². The molecule has 17 heavy (non-hydrogen) atoms. The summed E-state index contributed by atoms with van der Waals surface area (Å²) >= 11 is 1.68. The van der Waals surface area contributed by atoms with Crippen LogP contribution in [0.2, 0.25) is 0 Å². The first-order chi connectivity index (χ1) is 7.63. The molecule has 0 fully saturated rings. The summed E-state index contributed by atoms with van der Waals surface area (Å²) in [6.07, 6.45) is 2.18. The number of nitrogens with two attached hydrogens (primary N) is 1. The van der Waals surface area contributed by atoms with Gasteiger partial charge in [0.15, 0.2) is 0 Å². The average Bonchev–Trinajstić information content (AvgIpc) is 2.76. The maximum atomic E-state index is 11.6. The molecule has 1 rings (SSSR count). The second-order valence-electron chi connectivity index (χ2n) is 4.06. The molecular formula is C12H21ClN2OS. The van der Waals surface area contributed by atoms with Crippen LogP contribution in [0.25, 0.3) is 0 Å². The Labute approximate surface area is 113 Å². The van der Waals surface area contributed by atoms with Crippen LogP contribution in [0.5, 0.6) is 0 Å². The number of carbonyl (C=O) groups excluding carboxylic acids is 1.